The van der Waals surface area contributed by atoms with Crippen molar-refractivity contribution in [3.05, 3.63) is 0 Å². The summed E-state index contributed by atoms with van der Waals surface area (Å²) < 4.78 is 5.87. The first-order valence-electron chi connectivity index (χ1n) is 8.10. The Bertz CT molecular complexity index is 409. The number of rotatable bonds is 2. The quantitative estimate of drug-likeness (QED) is 0.811. The van der Waals surface area contributed by atoms with E-state index in [2.05, 4.69) is 26.1 Å². The Labute approximate surface area is 121 Å². The molecule has 1 heterocycles. The molecule has 1 amide bonds. The van der Waals surface area contributed by atoms with Crippen LogP contribution >= 0.6 is 0 Å². The van der Waals surface area contributed by atoms with Gasteiger partial charge in [0.05, 0.1) is 6.10 Å². The average Bonchev–Trinajstić information content (AvgIpc) is 2.83. The van der Waals surface area contributed by atoms with Gasteiger partial charge in [0.2, 0.25) is 5.91 Å². The number of amides is 1. The molecule has 2 aliphatic carbocycles. The average molecular weight is 280 g/mol. The highest BCUT2D eigenvalue weighted by atomic mass is 16.5. The third-order valence-corrected chi connectivity index (χ3v) is 6.24. The second-order valence-corrected chi connectivity index (χ2v) is 7.62. The third-order valence-electron chi connectivity index (χ3n) is 6.24. The number of ether oxygens (including phenoxy) is 1. The van der Waals surface area contributed by atoms with Crippen molar-refractivity contribution in [3.8, 4) is 0 Å². The molecule has 1 saturated heterocycles. The lowest BCUT2D eigenvalue weighted by Crippen LogP contribution is -2.82. The maximum atomic E-state index is 12.8. The number of nitrogens with one attached hydrogen (secondary N) is 1. The van der Waals surface area contributed by atoms with Gasteiger partial charge in [-0.2, -0.15) is 0 Å². The van der Waals surface area contributed by atoms with Gasteiger partial charge in [-0.05, 0) is 31.6 Å². The van der Waals surface area contributed by atoms with Gasteiger partial charge in [-0.25, -0.2) is 0 Å². The fraction of sp³-hybridized carbons (Fsp3) is 0.938. The van der Waals surface area contributed by atoms with Crippen LogP contribution in [0.3, 0.4) is 0 Å². The van der Waals surface area contributed by atoms with Gasteiger partial charge in [0.1, 0.15) is 5.54 Å². The summed E-state index contributed by atoms with van der Waals surface area (Å²) >= 11 is 0. The van der Waals surface area contributed by atoms with Crippen LogP contribution < -0.4 is 11.1 Å². The van der Waals surface area contributed by atoms with E-state index in [1.54, 1.807) is 0 Å². The molecule has 1 aliphatic heterocycles. The van der Waals surface area contributed by atoms with E-state index < -0.39 is 5.54 Å². The highest BCUT2D eigenvalue weighted by molar-refractivity contribution is 5.89. The molecular weight excluding hydrogens is 252 g/mol. The van der Waals surface area contributed by atoms with Crippen molar-refractivity contribution in [2.24, 2.45) is 23.0 Å². The first-order valence-corrected chi connectivity index (χ1v) is 8.10. The number of fused-ring (bicyclic) bond motifs is 1. The lowest BCUT2D eigenvalue weighted by atomic mass is 9.46. The van der Waals surface area contributed by atoms with Crippen LogP contribution in [0.4, 0.5) is 0 Å². The zero-order valence-corrected chi connectivity index (χ0v) is 12.9. The normalized spacial score (nSPS) is 46.4. The van der Waals surface area contributed by atoms with Crippen molar-refractivity contribution in [2.45, 2.75) is 70.6 Å². The Hall–Kier alpha value is -0.610. The largest absolute Gasteiger partial charge is 0.377 e. The first-order chi connectivity index (χ1) is 9.39. The topological polar surface area (TPSA) is 64.4 Å². The van der Waals surface area contributed by atoms with Crippen molar-refractivity contribution in [1.29, 1.82) is 0 Å². The minimum Gasteiger partial charge on any atom is -0.377 e. The molecule has 3 fully saturated rings. The van der Waals surface area contributed by atoms with Gasteiger partial charge in [0.15, 0.2) is 0 Å². The van der Waals surface area contributed by atoms with E-state index in [1.165, 1.54) is 12.8 Å². The Balaban J connectivity index is 1.75. The SMILES string of the molecule is CC1CCCC1NC(=O)C1(N)C2CCCOC2C1(C)C. The second-order valence-electron chi connectivity index (χ2n) is 7.62. The molecule has 20 heavy (non-hydrogen) atoms. The van der Waals surface area contributed by atoms with E-state index in [4.69, 9.17) is 10.5 Å². The van der Waals surface area contributed by atoms with Gasteiger partial charge in [-0.3, -0.25) is 4.79 Å². The van der Waals surface area contributed by atoms with Crippen molar-refractivity contribution in [2.75, 3.05) is 6.61 Å². The lowest BCUT2D eigenvalue weighted by Gasteiger charge is -2.65. The summed E-state index contributed by atoms with van der Waals surface area (Å²) in [6.07, 6.45) is 5.69. The third kappa shape index (κ3) is 1.77. The van der Waals surface area contributed by atoms with Crippen molar-refractivity contribution < 1.29 is 9.53 Å². The molecule has 3 aliphatic rings. The Morgan fingerprint density at radius 2 is 2.00 bits per heavy atom. The van der Waals surface area contributed by atoms with Crippen molar-refractivity contribution in [1.82, 2.24) is 5.32 Å². The number of carbonyl (C=O) groups excluding carboxylic acids is 1. The van der Waals surface area contributed by atoms with Crippen molar-refractivity contribution >= 4 is 5.91 Å². The molecular formula is C16H28N2O2. The summed E-state index contributed by atoms with van der Waals surface area (Å²) in [5.41, 5.74) is 5.57. The van der Waals surface area contributed by atoms with E-state index in [1.807, 2.05) is 0 Å². The Morgan fingerprint density at radius 1 is 1.25 bits per heavy atom. The Morgan fingerprint density at radius 3 is 2.65 bits per heavy atom. The highest BCUT2D eigenvalue weighted by Gasteiger charge is 2.70. The molecule has 0 aromatic heterocycles. The molecule has 0 spiro atoms. The van der Waals surface area contributed by atoms with Gasteiger partial charge in [-0.1, -0.05) is 27.2 Å². The van der Waals surface area contributed by atoms with Gasteiger partial charge in [-0.15, -0.1) is 0 Å². The second kappa shape index (κ2) is 4.70. The standard InChI is InChI=1S/C16H28N2O2/c1-10-6-4-8-12(10)18-14(19)16(17)11-7-5-9-20-13(11)15(16,2)3/h10-13H,4-9,17H2,1-3H3,(H,18,19). The fourth-order valence-electron chi connectivity index (χ4n) is 4.68. The summed E-state index contributed by atoms with van der Waals surface area (Å²) in [4.78, 5) is 12.8. The summed E-state index contributed by atoms with van der Waals surface area (Å²) in [7, 11) is 0. The molecule has 3 rings (SSSR count). The van der Waals surface area contributed by atoms with Crippen LogP contribution in [0, 0.1) is 17.3 Å². The molecule has 0 radical (unpaired) electrons. The molecule has 0 aromatic carbocycles. The van der Waals surface area contributed by atoms with Crippen LogP contribution in [0.25, 0.3) is 0 Å². The zero-order chi connectivity index (χ0) is 14.5. The summed E-state index contributed by atoms with van der Waals surface area (Å²) in [6, 6.07) is 0.308. The van der Waals surface area contributed by atoms with Gasteiger partial charge in [0.25, 0.3) is 0 Å². The van der Waals surface area contributed by atoms with Gasteiger partial charge < -0.3 is 15.8 Å². The minimum atomic E-state index is -0.763. The molecule has 4 heteroatoms. The van der Waals surface area contributed by atoms with Gasteiger partial charge in [0, 0.05) is 24.0 Å². The molecule has 0 aromatic rings. The maximum Gasteiger partial charge on any atom is 0.241 e. The lowest BCUT2D eigenvalue weighted by molar-refractivity contribution is -0.225. The maximum absolute atomic E-state index is 12.8. The van der Waals surface area contributed by atoms with Crippen LogP contribution in [-0.2, 0) is 9.53 Å². The van der Waals surface area contributed by atoms with E-state index in [0.717, 1.165) is 25.9 Å². The van der Waals surface area contributed by atoms with Crippen molar-refractivity contribution in [3.63, 3.8) is 0 Å². The van der Waals surface area contributed by atoms with Crippen LogP contribution in [-0.4, -0.2) is 30.2 Å². The fourth-order valence-corrected chi connectivity index (χ4v) is 4.68. The predicted octanol–water partition coefficient (Wildman–Crippen LogP) is 1.82. The number of carbonyl (C=O) groups is 1. The zero-order valence-electron chi connectivity index (χ0n) is 12.9. The smallest absolute Gasteiger partial charge is 0.241 e. The molecule has 5 atom stereocenters. The number of nitrogens with two attached hydrogens (primary N) is 1. The van der Waals surface area contributed by atoms with E-state index in [0.29, 0.717) is 12.0 Å². The first kappa shape index (κ1) is 14.3. The van der Waals surface area contributed by atoms with Gasteiger partial charge >= 0.3 is 0 Å². The molecule has 5 unspecified atom stereocenters. The van der Waals surface area contributed by atoms with Crippen LogP contribution in [0.15, 0.2) is 0 Å². The number of hydrogen-bond donors (Lipinski definition) is 2. The molecule has 114 valence electrons. The molecule has 3 N–H and O–H groups in total. The number of hydrogen-bond acceptors (Lipinski definition) is 3. The molecule has 0 bridgehead atoms. The van der Waals surface area contributed by atoms with E-state index >= 15 is 0 Å². The van der Waals surface area contributed by atoms with Crippen LogP contribution in [0.5, 0.6) is 0 Å². The predicted molar refractivity (Wildman–Crippen MR) is 78.1 cm³/mol. The molecule has 4 nitrogen and oxygen atoms in total. The minimum absolute atomic E-state index is 0.0491. The summed E-state index contributed by atoms with van der Waals surface area (Å²) in [6.45, 7) is 7.19. The summed E-state index contributed by atoms with van der Waals surface area (Å²) in [5, 5.41) is 3.24. The monoisotopic (exact) mass is 280 g/mol. The highest BCUT2D eigenvalue weighted by Crippen LogP contribution is 2.57. The van der Waals surface area contributed by atoms with Crippen LogP contribution in [0.1, 0.15) is 52.9 Å². The van der Waals surface area contributed by atoms with E-state index in [9.17, 15) is 4.79 Å². The summed E-state index contributed by atoms with van der Waals surface area (Å²) in [5.74, 6) is 0.806. The Kier molecular flexibility index (Phi) is 3.37. The van der Waals surface area contributed by atoms with Crippen LogP contribution in [0.2, 0.25) is 0 Å². The van der Waals surface area contributed by atoms with E-state index in [-0.39, 0.29) is 23.3 Å². The molecule has 2 saturated carbocycles.